The molecule has 1 aromatic rings. The fraction of sp³-hybridized carbons (Fsp3) is 0.611. The number of likely N-dealkylation sites (tertiary alicyclic amines) is 1. The van der Waals surface area contributed by atoms with Crippen LogP contribution in [0.4, 0.5) is 0 Å². The summed E-state index contributed by atoms with van der Waals surface area (Å²) in [5.74, 6) is 0.890. The summed E-state index contributed by atoms with van der Waals surface area (Å²) in [4.78, 5) is 15.0. The van der Waals surface area contributed by atoms with Gasteiger partial charge in [0.1, 0.15) is 0 Å². The van der Waals surface area contributed by atoms with E-state index < -0.39 is 16.1 Å². The number of benzene rings is 1. The maximum absolute atomic E-state index is 12.7. The van der Waals surface area contributed by atoms with Crippen LogP contribution in [0.1, 0.15) is 12.0 Å². The van der Waals surface area contributed by atoms with E-state index in [1.165, 1.54) is 5.56 Å². The highest BCUT2D eigenvalue weighted by atomic mass is 28.4. The minimum absolute atomic E-state index is 0.399. The maximum atomic E-state index is 12.7. The highest BCUT2D eigenvalue weighted by Crippen LogP contribution is 2.31. The molecule has 0 unspecified atom stereocenters. The molecule has 1 atom stereocenters. The Bertz CT molecular complexity index is 502. The molecule has 1 amide bonds. The van der Waals surface area contributed by atoms with E-state index >= 15 is 0 Å². The third-order valence-corrected chi connectivity index (χ3v) is 13.7. The molecule has 2 nitrogen and oxygen atoms in total. The lowest BCUT2D eigenvalue weighted by Gasteiger charge is -2.44. The van der Waals surface area contributed by atoms with Crippen LogP contribution in [0.15, 0.2) is 30.3 Å². The average molecular weight is 334 g/mol. The summed E-state index contributed by atoms with van der Waals surface area (Å²) in [6.45, 7) is 15.5. The first-order valence-electron chi connectivity index (χ1n) is 8.42. The highest BCUT2D eigenvalue weighted by molar-refractivity contribution is 6.96. The Morgan fingerprint density at radius 3 is 2.09 bits per heavy atom. The summed E-state index contributed by atoms with van der Waals surface area (Å²) in [6, 6.07) is 10.6. The van der Waals surface area contributed by atoms with E-state index in [1.54, 1.807) is 0 Å². The number of rotatable bonds is 5. The Hall–Kier alpha value is -0.876. The van der Waals surface area contributed by atoms with Crippen LogP contribution >= 0.6 is 0 Å². The van der Waals surface area contributed by atoms with Gasteiger partial charge in [-0.05, 0) is 17.9 Å². The largest absolute Gasteiger partial charge is 0.345 e. The van der Waals surface area contributed by atoms with Crippen molar-refractivity contribution in [2.45, 2.75) is 57.4 Å². The zero-order valence-electron chi connectivity index (χ0n) is 15.0. The van der Waals surface area contributed by atoms with E-state index in [0.717, 1.165) is 19.4 Å². The fourth-order valence-corrected chi connectivity index (χ4v) is 17.1. The topological polar surface area (TPSA) is 20.3 Å². The molecule has 122 valence electrons. The van der Waals surface area contributed by atoms with Crippen molar-refractivity contribution in [1.82, 2.24) is 4.90 Å². The summed E-state index contributed by atoms with van der Waals surface area (Å²) in [5, 5.41) is 0.549. The Morgan fingerprint density at radius 1 is 1.05 bits per heavy atom. The molecule has 22 heavy (non-hydrogen) atoms. The smallest absolute Gasteiger partial charge is 0.222 e. The Labute approximate surface area is 137 Å². The quantitative estimate of drug-likeness (QED) is 0.740. The van der Waals surface area contributed by atoms with Crippen LogP contribution in [0.25, 0.3) is 0 Å². The molecule has 2 rings (SSSR count). The van der Waals surface area contributed by atoms with E-state index in [-0.39, 0.29) is 0 Å². The Kier molecular flexibility index (Phi) is 5.02. The molecule has 1 aliphatic heterocycles. The molecule has 0 aliphatic carbocycles. The van der Waals surface area contributed by atoms with Gasteiger partial charge in [0.15, 0.2) is 0 Å². The molecule has 1 aromatic carbocycles. The summed E-state index contributed by atoms with van der Waals surface area (Å²) in [7, 11) is -2.77. The van der Waals surface area contributed by atoms with Crippen LogP contribution in [0, 0.1) is 5.92 Å². The number of hydrogen-bond acceptors (Lipinski definition) is 1. The predicted octanol–water partition coefficient (Wildman–Crippen LogP) is 4.20. The predicted molar refractivity (Wildman–Crippen MR) is 100 cm³/mol. The zero-order chi connectivity index (χ0) is 16.5. The molecule has 0 spiro atoms. The fourth-order valence-electron chi connectivity index (χ4n) is 4.38. The second-order valence-electron chi connectivity index (χ2n) is 8.94. The van der Waals surface area contributed by atoms with Crippen molar-refractivity contribution in [2.24, 2.45) is 5.92 Å². The van der Waals surface area contributed by atoms with Gasteiger partial charge in [-0.15, -0.1) is 0 Å². The van der Waals surface area contributed by atoms with Crippen molar-refractivity contribution in [2.75, 3.05) is 6.54 Å². The second-order valence-corrected chi connectivity index (χ2v) is 20.1. The first-order chi connectivity index (χ1) is 10.1. The van der Waals surface area contributed by atoms with Gasteiger partial charge < -0.3 is 4.90 Å². The summed E-state index contributed by atoms with van der Waals surface area (Å²) >= 11 is 0. The molecule has 1 aliphatic rings. The van der Waals surface area contributed by atoms with Gasteiger partial charge in [-0.3, -0.25) is 4.79 Å². The van der Waals surface area contributed by atoms with Gasteiger partial charge in [0.25, 0.3) is 0 Å². The van der Waals surface area contributed by atoms with Gasteiger partial charge in [0.05, 0.1) is 16.1 Å². The van der Waals surface area contributed by atoms with Crippen LogP contribution in [0.5, 0.6) is 0 Å². The van der Waals surface area contributed by atoms with E-state index in [1.807, 2.05) is 0 Å². The van der Waals surface area contributed by atoms with Crippen LogP contribution in [-0.4, -0.2) is 38.8 Å². The second kappa shape index (κ2) is 6.32. The SMILES string of the molecule is C[Si](C)(C)C(N1C[C@H](Cc2ccccc2)CC1=O)[Si](C)(C)C. The monoisotopic (exact) mass is 333 g/mol. The molecule has 0 N–H and O–H groups in total. The van der Waals surface area contributed by atoms with Gasteiger partial charge in [0, 0.05) is 18.3 Å². The summed E-state index contributed by atoms with van der Waals surface area (Å²) in [6.07, 6.45) is 1.77. The molecule has 0 saturated carbocycles. The third kappa shape index (κ3) is 4.10. The van der Waals surface area contributed by atoms with Crippen LogP contribution in [-0.2, 0) is 11.2 Å². The van der Waals surface area contributed by atoms with Gasteiger partial charge in [0.2, 0.25) is 5.91 Å². The first-order valence-corrected chi connectivity index (χ1v) is 15.6. The van der Waals surface area contributed by atoms with Gasteiger partial charge >= 0.3 is 0 Å². The van der Waals surface area contributed by atoms with Crippen molar-refractivity contribution in [3.8, 4) is 0 Å². The molecule has 1 heterocycles. The highest BCUT2D eigenvalue weighted by Gasteiger charge is 2.46. The molecular weight excluding hydrogens is 302 g/mol. The molecule has 0 aromatic heterocycles. The third-order valence-electron chi connectivity index (χ3n) is 4.56. The van der Waals surface area contributed by atoms with Crippen LogP contribution in [0.2, 0.25) is 39.3 Å². The van der Waals surface area contributed by atoms with E-state index in [9.17, 15) is 4.79 Å². The molecule has 4 heteroatoms. The number of carbonyl (C=O) groups is 1. The van der Waals surface area contributed by atoms with Gasteiger partial charge in [-0.25, -0.2) is 0 Å². The van der Waals surface area contributed by atoms with Crippen molar-refractivity contribution in [1.29, 1.82) is 0 Å². The minimum atomic E-state index is -1.38. The molecule has 0 radical (unpaired) electrons. The van der Waals surface area contributed by atoms with Gasteiger partial charge in [-0.1, -0.05) is 69.6 Å². The summed E-state index contributed by atoms with van der Waals surface area (Å²) in [5.41, 5.74) is 1.36. The van der Waals surface area contributed by atoms with Crippen LogP contribution < -0.4 is 0 Å². The molecule has 1 fully saturated rings. The van der Waals surface area contributed by atoms with Crippen molar-refractivity contribution in [3.05, 3.63) is 35.9 Å². The first kappa shape index (κ1) is 17.5. The van der Waals surface area contributed by atoms with E-state index in [0.29, 0.717) is 17.1 Å². The normalized spacial score (nSPS) is 20.0. The Morgan fingerprint density at radius 2 is 1.59 bits per heavy atom. The van der Waals surface area contributed by atoms with Crippen molar-refractivity contribution < 1.29 is 4.79 Å². The average Bonchev–Trinajstić information content (AvgIpc) is 2.67. The standard InChI is InChI=1S/C18H31NOSi2/c1-21(2,3)18(22(4,5)6)19-14-16(13-17(19)20)12-15-10-8-7-9-11-15/h7-11,16,18H,12-14H2,1-6H3/t16-/m1/s1. The zero-order valence-corrected chi connectivity index (χ0v) is 17.0. The van der Waals surface area contributed by atoms with Gasteiger partial charge in [-0.2, -0.15) is 0 Å². The number of hydrogen-bond donors (Lipinski definition) is 0. The summed E-state index contributed by atoms with van der Waals surface area (Å²) < 4.78 is 0. The van der Waals surface area contributed by atoms with Crippen LogP contribution in [0.3, 0.4) is 0 Å². The van der Waals surface area contributed by atoms with Crippen molar-refractivity contribution >= 4 is 22.1 Å². The number of nitrogens with zero attached hydrogens (tertiary/aromatic N) is 1. The lowest BCUT2D eigenvalue weighted by molar-refractivity contribution is -0.127. The minimum Gasteiger partial charge on any atom is -0.345 e. The molecule has 0 bridgehead atoms. The molecule has 1 saturated heterocycles. The maximum Gasteiger partial charge on any atom is 0.222 e. The number of carbonyl (C=O) groups excluding carboxylic acids is 1. The van der Waals surface area contributed by atoms with Crippen molar-refractivity contribution in [3.63, 3.8) is 0 Å². The Balaban J connectivity index is 2.14. The lowest BCUT2D eigenvalue weighted by Crippen LogP contribution is -2.63. The lowest BCUT2D eigenvalue weighted by atomic mass is 9.99. The molecular formula is C18H31NOSi2. The number of amides is 1. The van der Waals surface area contributed by atoms with E-state index in [2.05, 4.69) is 74.5 Å². The van der Waals surface area contributed by atoms with E-state index in [4.69, 9.17) is 0 Å².